The third-order valence-corrected chi connectivity index (χ3v) is 4.54. The van der Waals surface area contributed by atoms with E-state index in [2.05, 4.69) is 15.2 Å². The first-order valence-corrected chi connectivity index (χ1v) is 7.91. The molecule has 2 N–H and O–H groups in total. The van der Waals surface area contributed by atoms with E-state index < -0.39 is 5.54 Å². The standard InChI is InChI=1S/C17H19N5O2.ClH/c1-22-10-12(14(20-22)11-6-3-4-7-13(11)23-2)15-19-16(21-24-15)17(18)8-5-9-17;/h3-4,6-7,10H,5,8-9,18H2,1-2H3;1H. The molecule has 2 heterocycles. The van der Waals surface area contributed by atoms with Crippen LogP contribution in [0.1, 0.15) is 25.1 Å². The molecule has 7 nitrogen and oxygen atoms in total. The van der Waals surface area contributed by atoms with Crippen LogP contribution in [0.15, 0.2) is 35.0 Å². The van der Waals surface area contributed by atoms with Gasteiger partial charge in [-0.05, 0) is 31.4 Å². The number of nitrogens with zero attached hydrogens (tertiary/aromatic N) is 4. The Kier molecular flexibility index (Phi) is 4.53. The summed E-state index contributed by atoms with van der Waals surface area (Å²) in [5.41, 5.74) is 8.22. The maximum atomic E-state index is 6.29. The van der Waals surface area contributed by atoms with Gasteiger partial charge in [-0.2, -0.15) is 10.1 Å². The van der Waals surface area contributed by atoms with Crippen LogP contribution in [0, 0.1) is 0 Å². The number of nitrogens with two attached hydrogens (primary N) is 1. The van der Waals surface area contributed by atoms with Crippen molar-refractivity contribution in [2.45, 2.75) is 24.8 Å². The topological polar surface area (TPSA) is 92.0 Å². The molecule has 1 fully saturated rings. The maximum absolute atomic E-state index is 6.29. The molecular formula is C17H20ClN5O2. The maximum Gasteiger partial charge on any atom is 0.261 e. The van der Waals surface area contributed by atoms with Crippen LogP contribution < -0.4 is 10.5 Å². The predicted octanol–water partition coefficient (Wildman–Crippen LogP) is 2.91. The largest absolute Gasteiger partial charge is 0.496 e. The average Bonchev–Trinajstić information content (AvgIpc) is 3.19. The van der Waals surface area contributed by atoms with Crippen molar-refractivity contribution in [3.05, 3.63) is 36.3 Å². The zero-order valence-electron chi connectivity index (χ0n) is 14.1. The summed E-state index contributed by atoms with van der Waals surface area (Å²) in [5.74, 6) is 1.74. The van der Waals surface area contributed by atoms with Crippen molar-refractivity contribution in [2.24, 2.45) is 12.8 Å². The van der Waals surface area contributed by atoms with E-state index >= 15 is 0 Å². The van der Waals surface area contributed by atoms with Gasteiger partial charge in [-0.25, -0.2) is 0 Å². The lowest BCUT2D eigenvalue weighted by Gasteiger charge is -2.34. The number of methoxy groups -OCH3 is 1. The summed E-state index contributed by atoms with van der Waals surface area (Å²) in [5, 5.41) is 8.64. The Morgan fingerprint density at radius 1 is 1.24 bits per heavy atom. The van der Waals surface area contributed by atoms with Crippen LogP contribution >= 0.6 is 12.4 Å². The SMILES string of the molecule is COc1ccccc1-c1nn(C)cc1-c1nc(C2(N)CCC2)no1.Cl. The van der Waals surface area contributed by atoms with Gasteiger partial charge in [-0.1, -0.05) is 17.3 Å². The summed E-state index contributed by atoms with van der Waals surface area (Å²) in [6.45, 7) is 0. The molecule has 8 heteroatoms. The van der Waals surface area contributed by atoms with Gasteiger partial charge in [0.2, 0.25) is 0 Å². The van der Waals surface area contributed by atoms with Crippen LogP contribution in [-0.2, 0) is 12.6 Å². The van der Waals surface area contributed by atoms with Gasteiger partial charge in [0.05, 0.1) is 18.2 Å². The van der Waals surface area contributed by atoms with E-state index in [1.165, 1.54) is 0 Å². The fourth-order valence-corrected chi connectivity index (χ4v) is 3.00. The fourth-order valence-electron chi connectivity index (χ4n) is 3.00. The van der Waals surface area contributed by atoms with E-state index in [1.54, 1.807) is 11.8 Å². The first-order chi connectivity index (χ1) is 11.6. The Hall–Kier alpha value is -2.38. The lowest BCUT2D eigenvalue weighted by atomic mass is 9.77. The number of ether oxygens (including phenoxy) is 1. The highest BCUT2D eigenvalue weighted by molar-refractivity contribution is 5.85. The number of halogens is 1. The highest BCUT2D eigenvalue weighted by Crippen LogP contribution is 2.39. The van der Waals surface area contributed by atoms with Crippen molar-refractivity contribution in [1.82, 2.24) is 19.9 Å². The lowest BCUT2D eigenvalue weighted by Crippen LogP contribution is -2.44. The molecule has 2 aromatic heterocycles. The highest BCUT2D eigenvalue weighted by atomic mass is 35.5. The monoisotopic (exact) mass is 361 g/mol. The van der Waals surface area contributed by atoms with Gasteiger partial charge >= 0.3 is 0 Å². The molecular weight excluding hydrogens is 342 g/mol. The summed E-state index contributed by atoms with van der Waals surface area (Å²) in [6, 6.07) is 7.72. The summed E-state index contributed by atoms with van der Waals surface area (Å²) in [4.78, 5) is 4.53. The van der Waals surface area contributed by atoms with Gasteiger partial charge in [0, 0.05) is 18.8 Å². The minimum atomic E-state index is -0.450. The average molecular weight is 362 g/mol. The number of benzene rings is 1. The van der Waals surface area contributed by atoms with E-state index in [1.807, 2.05) is 37.5 Å². The van der Waals surface area contributed by atoms with Gasteiger partial charge in [0.25, 0.3) is 5.89 Å². The first-order valence-electron chi connectivity index (χ1n) is 7.91. The molecule has 0 spiro atoms. The molecule has 0 amide bonds. The third kappa shape index (κ3) is 2.89. The van der Waals surface area contributed by atoms with Gasteiger partial charge in [-0.15, -0.1) is 12.4 Å². The molecule has 1 saturated carbocycles. The number of hydrogen-bond donors (Lipinski definition) is 1. The molecule has 0 bridgehead atoms. The molecule has 25 heavy (non-hydrogen) atoms. The number of aryl methyl sites for hydroxylation is 1. The minimum absolute atomic E-state index is 0. The van der Waals surface area contributed by atoms with Crippen LogP contribution in [0.25, 0.3) is 22.7 Å². The van der Waals surface area contributed by atoms with E-state index in [9.17, 15) is 0 Å². The second-order valence-electron chi connectivity index (χ2n) is 6.20. The fraction of sp³-hybridized carbons (Fsp3) is 0.353. The molecule has 1 aromatic carbocycles. The van der Waals surface area contributed by atoms with Gasteiger partial charge in [0.1, 0.15) is 11.4 Å². The molecule has 0 unspecified atom stereocenters. The first kappa shape index (κ1) is 17.4. The molecule has 0 saturated heterocycles. The van der Waals surface area contributed by atoms with Crippen molar-refractivity contribution in [3.8, 4) is 28.5 Å². The molecule has 4 rings (SSSR count). The van der Waals surface area contributed by atoms with E-state index in [4.69, 9.17) is 15.0 Å². The van der Waals surface area contributed by atoms with E-state index in [0.717, 1.165) is 41.8 Å². The molecule has 1 aliphatic carbocycles. The molecule has 0 radical (unpaired) electrons. The Balaban J connectivity index is 0.00000182. The van der Waals surface area contributed by atoms with Crippen LogP contribution in [0.2, 0.25) is 0 Å². The van der Waals surface area contributed by atoms with Gasteiger partial charge in [-0.3, -0.25) is 4.68 Å². The van der Waals surface area contributed by atoms with Gasteiger partial charge in [0.15, 0.2) is 5.82 Å². The third-order valence-electron chi connectivity index (χ3n) is 4.54. The highest BCUT2D eigenvalue weighted by Gasteiger charge is 2.39. The quantitative estimate of drug-likeness (QED) is 0.768. The Bertz CT molecular complexity index is 885. The number of rotatable bonds is 4. The summed E-state index contributed by atoms with van der Waals surface area (Å²) < 4.78 is 12.7. The molecule has 1 aliphatic rings. The zero-order chi connectivity index (χ0) is 16.7. The number of para-hydroxylation sites is 1. The Morgan fingerprint density at radius 3 is 2.68 bits per heavy atom. The summed E-state index contributed by atoms with van der Waals surface area (Å²) >= 11 is 0. The Labute approximate surface area is 151 Å². The van der Waals surface area contributed by atoms with Crippen molar-refractivity contribution in [2.75, 3.05) is 7.11 Å². The van der Waals surface area contributed by atoms with Crippen molar-refractivity contribution in [3.63, 3.8) is 0 Å². The second-order valence-corrected chi connectivity index (χ2v) is 6.20. The molecule has 132 valence electrons. The normalized spacial score (nSPS) is 15.3. The van der Waals surface area contributed by atoms with Gasteiger partial charge < -0.3 is 15.0 Å². The summed E-state index contributed by atoms with van der Waals surface area (Å²) in [7, 11) is 3.50. The smallest absolute Gasteiger partial charge is 0.261 e. The van der Waals surface area contributed by atoms with Crippen LogP contribution in [0.5, 0.6) is 5.75 Å². The van der Waals surface area contributed by atoms with E-state index in [-0.39, 0.29) is 12.4 Å². The zero-order valence-corrected chi connectivity index (χ0v) is 14.9. The van der Waals surface area contributed by atoms with Crippen molar-refractivity contribution in [1.29, 1.82) is 0 Å². The van der Waals surface area contributed by atoms with Crippen LogP contribution in [-0.4, -0.2) is 27.0 Å². The van der Waals surface area contributed by atoms with E-state index in [0.29, 0.717) is 11.7 Å². The number of aromatic nitrogens is 4. The predicted molar refractivity (Wildman–Crippen MR) is 95.5 cm³/mol. The van der Waals surface area contributed by atoms with Crippen LogP contribution in [0.3, 0.4) is 0 Å². The van der Waals surface area contributed by atoms with Crippen molar-refractivity contribution < 1.29 is 9.26 Å². The number of hydrogen-bond acceptors (Lipinski definition) is 6. The molecule has 0 aliphatic heterocycles. The lowest BCUT2D eigenvalue weighted by molar-refractivity contribution is 0.229. The second kappa shape index (κ2) is 6.50. The molecule has 0 atom stereocenters. The summed E-state index contributed by atoms with van der Waals surface area (Å²) in [6.07, 6.45) is 4.74. The Morgan fingerprint density at radius 2 is 2.00 bits per heavy atom. The van der Waals surface area contributed by atoms with Crippen molar-refractivity contribution >= 4 is 12.4 Å². The molecule has 3 aromatic rings. The van der Waals surface area contributed by atoms with Crippen LogP contribution in [0.4, 0.5) is 0 Å². The minimum Gasteiger partial charge on any atom is -0.496 e.